The molecule has 4 aliphatic carbocycles. The van der Waals surface area contributed by atoms with E-state index in [2.05, 4.69) is 28.1 Å². The third-order valence-corrected chi connectivity index (χ3v) is 8.70. The molecule has 0 radical (unpaired) electrons. The summed E-state index contributed by atoms with van der Waals surface area (Å²) in [4.78, 5) is 43.6. The molecule has 1 heterocycles. The maximum absolute atomic E-state index is 13.6. The van der Waals surface area contributed by atoms with E-state index in [1.54, 1.807) is 17.0 Å². The van der Waals surface area contributed by atoms with Crippen LogP contribution in [0, 0.1) is 49.4 Å². The third-order valence-electron chi connectivity index (χ3n) is 8.18. The van der Waals surface area contributed by atoms with Crippen molar-refractivity contribution < 1.29 is 14.4 Å². The fraction of sp³-hybridized carbons (Fsp3) is 0.370. The van der Waals surface area contributed by atoms with E-state index in [0.717, 1.165) is 22.0 Å². The number of rotatable bonds is 4. The van der Waals surface area contributed by atoms with Crippen molar-refractivity contribution in [2.24, 2.45) is 35.5 Å². The van der Waals surface area contributed by atoms with Crippen LogP contribution in [0.5, 0.6) is 0 Å². The Balaban J connectivity index is 1.35. The van der Waals surface area contributed by atoms with Crippen LogP contribution in [0.3, 0.4) is 0 Å². The van der Waals surface area contributed by atoms with Crippen LogP contribution in [0.25, 0.3) is 0 Å². The summed E-state index contributed by atoms with van der Waals surface area (Å²) in [6.45, 7) is 3.96. The van der Waals surface area contributed by atoms with E-state index in [1.165, 1.54) is 4.90 Å². The van der Waals surface area contributed by atoms with Crippen LogP contribution >= 0.6 is 15.9 Å². The van der Waals surface area contributed by atoms with Gasteiger partial charge < -0.3 is 0 Å². The van der Waals surface area contributed by atoms with Gasteiger partial charge in [0, 0.05) is 15.7 Å². The van der Waals surface area contributed by atoms with Crippen LogP contribution < -0.4 is 4.90 Å². The number of likely N-dealkylation sites (tertiary alicyclic amines) is 1. The first-order valence-corrected chi connectivity index (χ1v) is 12.3. The molecule has 7 rings (SSSR count). The quantitative estimate of drug-likeness (QED) is 0.446. The molecule has 2 aromatic rings. The van der Waals surface area contributed by atoms with Crippen molar-refractivity contribution in [2.75, 3.05) is 11.6 Å². The Kier molecular flexibility index (Phi) is 4.67. The number of hydrogen-bond donors (Lipinski definition) is 0. The molecular formula is C27H25BrN2O3. The van der Waals surface area contributed by atoms with Gasteiger partial charge in [-0.05, 0) is 91.5 Å². The maximum Gasteiger partial charge on any atom is 0.259 e. The van der Waals surface area contributed by atoms with Crippen molar-refractivity contribution in [1.82, 2.24) is 4.90 Å². The summed E-state index contributed by atoms with van der Waals surface area (Å²) in [7, 11) is 0. The Labute approximate surface area is 201 Å². The van der Waals surface area contributed by atoms with E-state index < -0.39 is 0 Å². The second-order valence-electron chi connectivity index (χ2n) is 9.91. The number of aryl methyl sites for hydroxylation is 2. The molecule has 2 bridgehead atoms. The Hall–Kier alpha value is -2.73. The van der Waals surface area contributed by atoms with E-state index >= 15 is 0 Å². The summed E-state index contributed by atoms with van der Waals surface area (Å²) in [6.07, 6.45) is 5.47. The average molecular weight is 505 g/mol. The molecular weight excluding hydrogens is 480 g/mol. The van der Waals surface area contributed by atoms with Gasteiger partial charge in [-0.3, -0.25) is 24.2 Å². The standard InChI is InChI=1S/C27H25BrN2O3/c1-14-3-8-18(11-15(14)2)29(25(31)16-4-6-17(28)7-5-16)13-30-26(32)23-19-9-10-20(22-12-21(19)22)24(23)27(30)33/h3-11,19-24H,12-13H2,1-2H3. The first-order valence-electron chi connectivity index (χ1n) is 11.5. The first-order chi connectivity index (χ1) is 15.8. The molecule has 3 amide bonds. The van der Waals surface area contributed by atoms with Crippen LogP contribution in [-0.2, 0) is 9.59 Å². The SMILES string of the molecule is Cc1ccc(N(CN2C(=O)C3C4C=CC(C5CC45)C3C2=O)C(=O)c2ccc(Br)cc2)cc1C. The van der Waals surface area contributed by atoms with Gasteiger partial charge in [0.2, 0.25) is 11.8 Å². The Morgan fingerprint density at radius 2 is 1.55 bits per heavy atom. The minimum Gasteiger partial charge on any atom is -0.290 e. The zero-order valence-corrected chi connectivity index (χ0v) is 20.2. The zero-order chi connectivity index (χ0) is 23.0. The average Bonchev–Trinajstić information content (AvgIpc) is 3.59. The molecule has 5 aliphatic rings. The third kappa shape index (κ3) is 3.14. The normalized spacial score (nSPS) is 30.9. The molecule has 1 saturated heterocycles. The molecule has 5 nitrogen and oxygen atoms in total. The Morgan fingerprint density at radius 3 is 2.12 bits per heavy atom. The van der Waals surface area contributed by atoms with Crippen LogP contribution in [0.4, 0.5) is 5.69 Å². The molecule has 6 heteroatoms. The largest absolute Gasteiger partial charge is 0.290 e. The number of hydrogen-bond acceptors (Lipinski definition) is 3. The molecule has 0 N–H and O–H groups in total. The number of imide groups is 1. The molecule has 0 aromatic heterocycles. The molecule has 3 fully saturated rings. The van der Waals surface area contributed by atoms with Crippen molar-refractivity contribution in [3.8, 4) is 0 Å². The number of carbonyl (C=O) groups is 3. The lowest BCUT2D eigenvalue weighted by molar-refractivity contribution is -0.140. The summed E-state index contributed by atoms with van der Waals surface area (Å²) >= 11 is 3.41. The lowest BCUT2D eigenvalue weighted by Crippen LogP contribution is -2.45. The molecule has 33 heavy (non-hydrogen) atoms. The molecule has 1 aliphatic heterocycles. The number of amides is 3. The molecule has 0 spiro atoms. The summed E-state index contributed by atoms with van der Waals surface area (Å²) in [5, 5.41) is 0. The summed E-state index contributed by atoms with van der Waals surface area (Å²) in [6, 6.07) is 13.0. The van der Waals surface area contributed by atoms with Crippen LogP contribution in [0.2, 0.25) is 0 Å². The number of allylic oxidation sites excluding steroid dienone is 2. The number of carbonyl (C=O) groups excluding carboxylic acids is 3. The summed E-state index contributed by atoms with van der Waals surface area (Å²) in [5.41, 5.74) is 3.37. The lowest BCUT2D eigenvalue weighted by atomic mass is 9.63. The maximum atomic E-state index is 13.6. The molecule has 6 unspecified atom stereocenters. The van der Waals surface area contributed by atoms with Crippen LogP contribution in [0.1, 0.15) is 27.9 Å². The molecule has 168 valence electrons. The highest BCUT2D eigenvalue weighted by molar-refractivity contribution is 9.10. The van der Waals surface area contributed by atoms with Gasteiger partial charge in [0.15, 0.2) is 0 Å². The van der Waals surface area contributed by atoms with E-state index in [1.807, 2.05) is 44.2 Å². The topological polar surface area (TPSA) is 57.7 Å². The molecule has 2 saturated carbocycles. The van der Waals surface area contributed by atoms with Gasteiger partial charge in [-0.1, -0.05) is 34.1 Å². The van der Waals surface area contributed by atoms with E-state index in [0.29, 0.717) is 23.1 Å². The second-order valence-corrected chi connectivity index (χ2v) is 10.8. The van der Waals surface area contributed by atoms with E-state index in [4.69, 9.17) is 0 Å². The van der Waals surface area contributed by atoms with Gasteiger partial charge in [0.25, 0.3) is 5.91 Å². The first kappa shape index (κ1) is 20.8. The highest BCUT2D eigenvalue weighted by Gasteiger charge is 2.67. The van der Waals surface area contributed by atoms with Crippen molar-refractivity contribution in [2.45, 2.75) is 20.3 Å². The summed E-state index contributed by atoms with van der Waals surface area (Å²) < 4.78 is 0.882. The van der Waals surface area contributed by atoms with Gasteiger partial charge >= 0.3 is 0 Å². The van der Waals surface area contributed by atoms with Gasteiger partial charge in [-0.2, -0.15) is 0 Å². The highest BCUT2D eigenvalue weighted by Crippen LogP contribution is 2.65. The van der Waals surface area contributed by atoms with E-state index in [9.17, 15) is 14.4 Å². The fourth-order valence-corrected chi connectivity index (χ4v) is 6.47. The number of anilines is 1. The van der Waals surface area contributed by atoms with Crippen LogP contribution in [0.15, 0.2) is 59.1 Å². The number of halogens is 1. The van der Waals surface area contributed by atoms with Crippen molar-refractivity contribution >= 4 is 39.3 Å². The van der Waals surface area contributed by atoms with Gasteiger partial charge in [0.1, 0.15) is 6.67 Å². The predicted octanol–water partition coefficient (Wildman–Crippen LogP) is 4.72. The minimum atomic E-state index is -0.263. The van der Waals surface area contributed by atoms with Gasteiger partial charge in [0.05, 0.1) is 11.8 Å². The van der Waals surface area contributed by atoms with Crippen molar-refractivity contribution in [3.05, 3.63) is 75.8 Å². The summed E-state index contributed by atoms with van der Waals surface area (Å²) in [5.74, 6) is 0.453. The van der Waals surface area contributed by atoms with Gasteiger partial charge in [-0.15, -0.1) is 0 Å². The zero-order valence-electron chi connectivity index (χ0n) is 18.6. The minimum absolute atomic E-state index is 0.0587. The number of benzene rings is 2. The fourth-order valence-electron chi connectivity index (χ4n) is 6.20. The van der Waals surface area contributed by atoms with Crippen LogP contribution in [-0.4, -0.2) is 29.3 Å². The lowest BCUT2D eigenvalue weighted by Gasteiger charge is -2.37. The molecule has 2 aromatic carbocycles. The predicted molar refractivity (Wildman–Crippen MR) is 128 cm³/mol. The smallest absolute Gasteiger partial charge is 0.259 e. The highest BCUT2D eigenvalue weighted by atomic mass is 79.9. The van der Waals surface area contributed by atoms with Crippen molar-refractivity contribution in [3.63, 3.8) is 0 Å². The molecule has 6 atom stereocenters. The second kappa shape index (κ2) is 7.39. The number of nitrogens with zero attached hydrogens (tertiary/aromatic N) is 2. The van der Waals surface area contributed by atoms with Gasteiger partial charge in [-0.25, -0.2) is 0 Å². The van der Waals surface area contributed by atoms with E-state index in [-0.39, 0.29) is 48.1 Å². The van der Waals surface area contributed by atoms with Crippen molar-refractivity contribution in [1.29, 1.82) is 0 Å². The monoisotopic (exact) mass is 504 g/mol. The Morgan fingerprint density at radius 1 is 0.939 bits per heavy atom. The Bertz CT molecular complexity index is 1180.